The second kappa shape index (κ2) is 7.05. The summed E-state index contributed by atoms with van der Waals surface area (Å²) in [5, 5.41) is 10.1. The van der Waals surface area contributed by atoms with Crippen LogP contribution in [0, 0.1) is 5.82 Å². The Kier molecular flexibility index (Phi) is 4.28. The average Bonchev–Trinajstić information content (AvgIpc) is 3.46. The molecule has 4 aromatic rings. The van der Waals surface area contributed by atoms with Crippen molar-refractivity contribution in [1.29, 1.82) is 0 Å². The molecule has 6 heteroatoms. The minimum atomic E-state index is -0.275. The standard InChI is InChI=1S/C25H20FN3OS/c26-20-12-16(13-29-14-18(30)15-29)6-7-19(20)23-27-21-8-9-22(28-24(21)31-23)25(10-11-25)17-4-2-1-3-5-17/h1-12,18,30H,13-15H2. The van der Waals surface area contributed by atoms with Crippen molar-refractivity contribution in [3.63, 3.8) is 0 Å². The first kappa shape index (κ1) is 18.8. The monoisotopic (exact) mass is 429 g/mol. The fraction of sp³-hybridized carbons (Fsp3) is 0.200. The number of thiazole rings is 1. The number of halogens is 1. The fourth-order valence-electron chi connectivity index (χ4n) is 4.23. The Morgan fingerprint density at radius 3 is 2.55 bits per heavy atom. The Labute approximate surface area is 183 Å². The molecule has 2 aliphatic rings. The molecule has 6 rings (SSSR count). The Balaban J connectivity index is 1.30. The van der Waals surface area contributed by atoms with Crippen LogP contribution in [0.1, 0.15) is 16.8 Å². The lowest BCUT2D eigenvalue weighted by atomic mass is 9.89. The number of hydrogen-bond acceptors (Lipinski definition) is 5. The summed E-state index contributed by atoms with van der Waals surface area (Å²) >= 11 is 1.42. The lowest BCUT2D eigenvalue weighted by Gasteiger charge is -2.35. The maximum absolute atomic E-state index is 14.9. The topological polar surface area (TPSA) is 49.2 Å². The molecule has 0 spiro atoms. The number of likely N-dealkylation sites (tertiary alicyclic amines) is 1. The highest BCUT2D eigenvalue weighted by Gasteiger charge is 2.39. The average molecular weight is 430 g/mol. The van der Waals surface area contributed by atoms with Crippen LogP contribution < -0.4 is 0 Å². The summed E-state index contributed by atoms with van der Waals surface area (Å²) in [5.41, 5.74) is 4.11. The molecule has 0 unspecified atom stereocenters. The van der Waals surface area contributed by atoms with Gasteiger partial charge in [0.2, 0.25) is 0 Å². The molecule has 2 aromatic heterocycles. The van der Waals surface area contributed by atoms with E-state index in [9.17, 15) is 9.50 Å². The highest BCUT2D eigenvalue weighted by Crippen LogP contribution is 2.45. The van der Waals surface area contributed by atoms with Gasteiger partial charge in [-0.25, -0.2) is 14.4 Å². The van der Waals surface area contributed by atoms with Gasteiger partial charge in [0.15, 0.2) is 0 Å². The molecule has 0 bridgehead atoms. The van der Waals surface area contributed by atoms with E-state index in [-0.39, 0.29) is 17.3 Å². The minimum absolute atomic E-state index is 0.239. The molecule has 2 aromatic carbocycles. The number of β-amino-alcohol motifs (C(OH)–C–C–N with tert-alkyl or cyclic N) is 1. The number of benzene rings is 2. The van der Waals surface area contributed by atoms with Crippen molar-refractivity contribution < 1.29 is 9.50 Å². The summed E-state index contributed by atoms with van der Waals surface area (Å²) in [7, 11) is 0. The predicted molar refractivity (Wildman–Crippen MR) is 120 cm³/mol. The first-order valence-corrected chi connectivity index (χ1v) is 11.2. The number of aliphatic hydroxyl groups excluding tert-OH is 1. The van der Waals surface area contributed by atoms with E-state index >= 15 is 0 Å². The van der Waals surface area contributed by atoms with Crippen molar-refractivity contribution in [2.24, 2.45) is 0 Å². The highest BCUT2D eigenvalue weighted by molar-refractivity contribution is 7.21. The molecular formula is C25H20FN3OS. The molecule has 0 radical (unpaired) electrons. The number of nitrogens with zero attached hydrogens (tertiary/aromatic N) is 3. The van der Waals surface area contributed by atoms with Crippen molar-refractivity contribution in [3.05, 3.63) is 95.5 Å². The van der Waals surface area contributed by atoms with Gasteiger partial charge in [-0.05, 0) is 35.4 Å². The number of rotatable bonds is 5. The summed E-state index contributed by atoms with van der Waals surface area (Å²) < 4.78 is 14.9. The Morgan fingerprint density at radius 1 is 1.03 bits per heavy atom. The summed E-state index contributed by atoms with van der Waals surface area (Å²) in [6, 6.07) is 19.6. The van der Waals surface area contributed by atoms with E-state index in [2.05, 4.69) is 34.2 Å². The molecule has 1 fully saturated rings. The van der Waals surface area contributed by atoms with Gasteiger partial charge in [-0.15, -0.1) is 0 Å². The van der Waals surface area contributed by atoms with Gasteiger partial charge in [-0.3, -0.25) is 4.90 Å². The lowest BCUT2D eigenvalue weighted by molar-refractivity contribution is -0.00289. The zero-order chi connectivity index (χ0) is 21.0. The number of hydrogen-bond donors (Lipinski definition) is 1. The molecule has 0 saturated carbocycles. The first-order chi connectivity index (χ1) is 15.1. The molecule has 0 atom stereocenters. The summed E-state index contributed by atoms with van der Waals surface area (Å²) in [5.74, 6) is -0.275. The second-order valence-corrected chi connectivity index (χ2v) is 9.25. The third kappa shape index (κ3) is 3.28. The normalized spacial score (nSPS) is 17.7. The SMILES string of the molecule is OC1CN(Cc2ccc(-c3nc4ccc(C5(c6ccccc6)C=C5)nc4s3)c(F)c2)C1. The molecule has 154 valence electrons. The molecule has 1 aliphatic heterocycles. The van der Waals surface area contributed by atoms with Gasteiger partial charge >= 0.3 is 0 Å². The van der Waals surface area contributed by atoms with Crippen LogP contribution in [-0.2, 0) is 12.0 Å². The van der Waals surface area contributed by atoms with E-state index in [4.69, 9.17) is 4.98 Å². The van der Waals surface area contributed by atoms with E-state index in [0.717, 1.165) is 21.6 Å². The quantitative estimate of drug-likeness (QED) is 0.474. The van der Waals surface area contributed by atoms with Crippen molar-refractivity contribution in [2.75, 3.05) is 13.1 Å². The first-order valence-electron chi connectivity index (χ1n) is 10.3. The van der Waals surface area contributed by atoms with Crippen LogP contribution in [0.3, 0.4) is 0 Å². The summed E-state index contributed by atoms with van der Waals surface area (Å²) in [6.07, 6.45) is 4.07. The number of pyridine rings is 1. The smallest absolute Gasteiger partial charge is 0.144 e. The fourth-order valence-corrected chi connectivity index (χ4v) is 5.20. The van der Waals surface area contributed by atoms with Gasteiger partial charge in [0.25, 0.3) is 0 Å². The number of aliphatic hydroxyl groups is 1. The summed E-state index contributed by atoms with van der Waals surface area (Å²) in [4.78, 5) is 12.4. The molecule has 3 heterocycles. The lowest BCUT2D eigenvalue weighted by Crippen LogP contribution is -2.49. The van der Waals surface area contributed by atoms with Gasteiger partial charge in [-0.1, -0.05) is 59.9 Å². The zero-order valence-electron chi connectivity index (χ0n) is 16.7. The van der Waals surface area contributed by atoms with Crippen LogP contribution >= 0.6 is 11.3 Å². The van der Waals surface area contributed by atoms with Gasteiger partial charge in [0.1, 0.15) is 21.2 Å². The zero-order valence-corrected chi connectivity index (χ0v) is 17.5. The maximum Gasteiger partial charge on any atom is 0.144 e. The van der Waals surface area contributed by atoms with Crippen LogP contribution in [0.2, 0.25) is 0 Å². The summed E-state index contributed by atoms with van der Waals surface area (Å²) in [6.45, 7) is 1.94. The third-order valence-corrected chi connectivity index (χ3v) is 7.04. The van der Waals surface area contributed by atoms with Gasteiger partial charge < -0.3 is 5.11 Å². The van der Waals surface area contributed by atoms with Crippen LogP contribution in [0.4, 0.5) is 4.39 Å². The van der Waals surface area contributed by atoms with E-state index in [1.165, 1.54) is 16.9 Å². The molecule has 4 nitrogen and oxygen atoms in total. The van der Waals surface area contributed by atoms with Crippen molar-refractivity contribution in [3.8, 4) is 10.6 Å². The van der Waals surface area contributed by atoms with Crippen LogP contribution in [0.25, 0.3) is 20.9 Å². The van der Waals surface area contributed by atoms with Crippen molar-refractivity contribution in [2.45, 2.75) is 18.1 Å². The predicted octanol–water partition coefficient (Wildman–Crippen LogP) is 4.53. The van der Waals surface area contributed by atoms with Crippen LogP contribution in [0.15, 0.2) is 72.8 Å². The highest BCUT2D eigenvalue weighted by atomic mass is 32.1. The maximum atomic E-state index is 14.9. The Bertz CT molecular complexity index is 1310. The van der Waals surface area contributed by atoms with E-state index < -0.39 is 0 Å². The third-order valence-electron chi connectivity index (χ3n) is 6.04. The largest absolute Gasteiger partial charge is 0.390 e. The number of allylic oxidation sites excluding steroid dienone is 2. The molecule has 1 N–H and O–H groups in total. The second-order valence-electron chi connectivity index (χ2n) is 8.27. The van der Waals surface area contributed by atoms with Crippen molar-refractivity contribution >= 4 is 21.7 Å². The Hall–Kier alpha value is -2.93. The molecule has 0 amide bonds. The van der Waals surface area contributed by atoms with Gasteiger partial charge in [-0.2, -0.15) is 0 Å². The molecule has 1 aliphatic carbocycles. The van der Waals surface area contributed by atoms with Crippen molar-refractivity contribution in [1.82, 2.24) is 14.9 Å². The minimum Gasteiger partial charge on any atom is -0.390 e. The number of fused-ring (bicyclic) bond motifs is 1. The van der Waals surface area contributed by atoms with Crippen LogP contribution in [0.5, 0.6) is 0 Å². The Morgan fingerprint density at radius 2 is 1.84 bits per heavy atom. The molecular weight excluding hydrogens is 409 g/mol. The number of aromatic nitrogens is 2. The van der Waals surface area contributed by atoms with E-state index in [0.29, 0.717) is 30.2 Å². The van der Waals surface area contributed by atoms with Crippen LogP contribution in [-0.4, -0.2) is 39.2 Å². The van der Waals surface area contributed by atoms with E-state index in [1.54, 1.807) is 12.1 Å². The molecule has 1 saturated heterocycles. The van der Waals surface area contributed by atoms with Gasteiger partial charge in [0.05, 0.1) is 17.2 Å². The molecule has 31 heavy (non-hydrogen) atoms. The van der Waals surface area contributed by atoms with E-state index in [1.807, 2.05) is 36.4 Å². The van der Waals surface area contributed by atoms with Gasteiger partial charge in [0, 0.05) is 25.2 Å².